The quantitative estimate of drug-likeness (QED) is 0.767. The number of rotatable bonds is 8. The van der Waals surface area contributed by atoms with Crippen LogP contribution >= 0.6 is 0 Å². The molecular weight excluding hydrogens is 260 g/mol. The fourth-order valence-corrected chi connectivity index (χ4v) is 2.93. The molecule has 0 heterocycles. The van der Waals surface area contributed by atoms with E-state index in [4.69, 9.17) is 0 Å². The van der Waals surface area contributed by atoms with Gasteiger partial charge in [-0.2, -0.15) is 0 Å². The zero-order valence-electron chi connectivity index (χ0n) is 11.9. The van der Waals surface area contributed by atoms with Crippen LogP contribution in [0.25, 0.3) is 0 Å². The first-order chi connectivity index (χ1) is 8.98. The molecule has 0 saturated heterocycles. The third-order valence-electron chi connectivity index (χ3n) is 3.01. The maximum atomic E-state index is 11.5. The molecule has 2 N–H and O–H groups in total. The largest absolute Gasteiger partial charge is 0.309 e. The van der Waals surface area contributed by atoms with E-state index < -0.39 is 10.0 Å². The molecule has 0 spiro atoms. The van der Waals surface area contributed by atoms with Gasteiger partial charge in [-0.05, 0) is 18.9 Å². The second kappa shape index (κ2) is 7.62. The minimum absolute atomic E-state index is 0.114. The topological polar surface area (TPSA) is 58.2 Å². The monoisotopic (exact) mass is 284 g/mol. The molecule has 5 heteroatoms. The predicted molar refractivity (Wildman–Crippen MR) is 79.7 cm³/mol. The van der Waals surface area contributed by atoms with Crippen LogP contribution in [0, 0.1) is 6.92 Å². The average molecular weight is 284 g/mol. The SMILES string of the molecule is CCNS(=O)(=O)CCNC(CC)c1ccc(C)cc1. The van der Waals surface area contributed by atoms with Crippen LogP contribution in [0.3, 0.4) is 0 Å². The van der Waals surface area contributed by atoms with Gasteiger partial charge in [0.15, 0.2) is 0 Å². The van der Waals surface area contributed by atoms with Crippen LogP contribution in [-0.4, -0.2) is 27.3 Å². The van der Waals surface area contributed by atoms with Crippen LogP contribution in [0.15, 0.2) is 24.3 Å². The van der Waals surface area contributed by atoms with Gasteiger partial charge in [-0.3, -0.25) is 0 Å². The van der Waals surface area contributed by atoms with Gasteiger partial charge in [0.1, 0.15) is 0 Å². The summed E-state index contributed by atoms with van der Waals surface area (Å²) >= 11 is 0. The molecule has 0 aromatic heterocycles. The van der Waals surface area contributed by atoms with Crippen LogP contribution in [0.2, 0.25) is 0 Å². The first-order valence-corrected chi connectivity index (χ1v) is 8.41. The highest BCUT2D eigenvalue weighted by Gasteiger charge is 2.11. The third-order valence-corrected chi connectivity index (χ3v) is 4.48. The van der Waals surface area contributed by atoms with Crippen molar-refractivity contribution in [2.75, 3.05) is 18.8 Å². The molecule has 0 radical (unpaired) electrons. The lowest BCUT2D eigenvalue weighted by Gasteiger charge is -2.17. The Morgan fingerprint density at radius 1 is 1.16 bits per heavy atom. The van der Waals surface area contributed by atoms with Gasteiger partial charge in [0.05, 0.1) is 5.75 Å². The second-order valence-electron chi connectivity index (χ2n) is 4.64. The molecule has 1 atom stereocenters. The summed E-state index contributed by atoms with van der Waals surface area (Å²) in [6, 6.07) is 8.55. The lowest BCUT2D eigenvalue weighted by Crippen LogP contribution is -2.33. The summed E-state index contributed by atoms with van der Waals surface area (Å²) in [7, 11) is -3.14. The van der Waals surface area contributed by atoms with Crippen molar-refractivity contribution in [2.45, 2.75) is 33.2 Å². The molecule has 0 aliphatic heterocycles. The molecular formula is C14H24N2O2S. The first-order valence-electron chi connectivity index (χ1n) is 6.75. The Labute approximate surface area is 116 Å². The van der Waals surface area contributed by atoms with E-state index in [9.17, 15) is 8.42 Å². The Balaban J connectivity index is 2.52. The zero-order valence-corrected chi connectivity index (χ0v) is 12.8. The Kier molecular flexibility index (Phi) is 6.48. The predicted octanol–water partition coefficient (Wildman–Crippen LogP) is 1.98. The minimum Gasteiger partial charge on any atom is -0.309 e. The maximum Gasteiger partial charge on any atom is 0.212 e. The molecule has 0 saturated carbocycles. The first kappa shape index (κ1) is 16.1. The standard InChI is InChI=1S/C14H24N2O2S/c1-4-14(13-8-6-12(3)7-9-13)15-10-11-19(17,18)16-5-2/h6-9,14-16H,4-5,10-11H2,1-3H3. The molecule has 1 rings (SSSR count). The fourth-order valence-electron chi connectivity index (χ4n) is 1.96. The van der Waals surface area contributed by atoms with Gasteiger partial charge in [-0.15, -0.1) is 0 Å². The van der Waals surface area contributed by atoms with E-state index in [1.807, 2.05) is 0 Å². The van der Waals surface area contributed by atoms with Gasteiger partial charge >= 0.3 is 0 Å². The van der Waals surface area contributed by atoms with Gasteiger partial charge < -0.3 is 5.32 Å². The molecule has 0 amide bonds. The Hall–Kier alpha value is -0.910. The van der Waals surface area contributed by atoms with Gasteiger partial charge in [-0.1, -0.05) is 43.7 Å². The van der Waals surface area contributed by atoms with Gasteiger partial charge in [0.25, 0.3) is 0 Å². The summed E-state index contributed by atoms with van der Waals surface area (Å²) in [5.74, 6) is 0.114. The summed E-state index contributed by atoms with van der Waals surface area (Å²) < 4.78 is 25.6. The molecule has 4 nitrogen and oxygen atoms in total. The smallest absolute Gasteiger partial charge is 0.212 e. The van der Waals surface area contributed by atoms with E-state index in [-0.39, 0.29) is 11.8 Å². The maximum absolute atomic E-state index is 11.5. The summed E-state index contributed by atoms with van der Waals surface area (Å²) in [5, 5.41) is 3.30. The van der Waals surface area contributed by atoms with Crippen molar-refractivity contribution in [3.8, 4) is 0 Å². The fraction of sp³-hybridized carbons (Fsp3) is 0.571. The number of aryl methyl sites for hydroxylation is 1. The Bertz CT molecular complexity index is 469. The van der Waals surface area contributed by atoms with E-state index in [0.29, 0.717) is 13.1 Å². The van der Waals surface area contributed by atoms with E-state index in [2.05, 4.69) is 48.2 Å². The van der Waals surface area contributed by atoms with E-state index in [1.54, 1.807) is 6.92 Å². The van der Waals surface area contributed by atoms with Crippen LogP contribution in [0.5, 0.6) is 0 Å². The van der Waals surface area contributed by atoms with Crippen molar-refractivity contribution in [1.82, 2.24) is 10.0 Å². The molecule has 1 unspecified atom stereocenters. The lowest BCUT2D eigenvalue weighted by molar-refractivity contribution is 0.529. The number of hydrogen-bond donors (Lipinski definition) is 2. The second-order valence-corrected chi connectivity index (χ2v) is 6.57. The molecule has 1 aromatic rings. The molecule has 0 bridgehead atoms. The zero-order chi connectivity index (χ0) is 14.3. The Morgan fingerprint density at radius 2 is 1.79 bits per heavy atom. The number of benzene rings is 1. The van der Waals surface area contributed by atoms with Crippen LogP contribution in [-0.2, 0) is 10.0 Å². The number of nitrogens with one attached hydrogen (secondary N) is 2. The molecule has 108 valence electrons. The highest BCUT2D eigenvalue weighted by Crippen LogP contribution is 2.16. The number of sulfonamides is 1. The van der Waals surface area contributed by atoms with Gasteiger partial charge in [-0.25, -0.2) is 13.1 Å². The third kappa shape index (κ3) is 5.72. The van der Waals surface area contributed by atoms with Crippen molar-refractivity contribution in [1.29, 1.82) is 0 Å². The number of hydrogen-bond acceptors (Lipinski definition) is 3. The summed E-state index contributed by atoms with van der Waals surface area (Å²) in [6.45, 7) is 6.84. The van der Waals surface area contributed by atoms with Crippen molar-refractivity contribution >= 4 is 10.0 Å². The highest BCUT2D eigenvalue weighted by molar-refractivity contribution is 7.89. The molecule has 19 heavy (non-hydrogen) atoms. The molecule has 1 aromatic carbocycles. The van der Waals surface area contributed by atoms with E-state index in [1.165, 1.54) is 11.1 Å². The summed E-state index contributed by atoms with van der Waals surface area (Å²) in [6.07, 6.45) is 0.935. The van der Waals surface area contributed by atoms with E-state index in [0.717, 1.165) is 6.42 Å². The molecule has 0 fully saturated rings. The highest BCUT2D eigenvalue weighted by atomic mass is 32.2. The van der Waals surface area contributed by atoms with Crippen LogP contribution < -0.4 is 10.0 Å². The normalized spacial score (nSPS) is 13.4. The Morgan fingerprint density at radius 3 is 2.32 bits per heavy atom. The minimum atomic E-state index is -3.14. The van der Waals surface area contributed by atoms with Crippen molar-refractivity contribution in [3.05, 3.63) is 35.4 Å². The van der Waals surface area contributed by atoms with Crippen LogP contribution in [0.1, 0.15) is 37.4 Å². The van der Waals surface area contributed by atoms with Gasteiger partial charge in [0, 0.05) is 19.1 Å². The van der Waals surface area contributed by atoms with Crippen LogP contribution in [0.4, 0.5) is 0 Å². The average Bonchev–Trinajstić information content (AvgIpc) is 2.36. The van der Waals surface area contributed by atoms with E-state index >= 15 is 0 Å². The molecule has 0 aliphatic rings. The summed E-state index contributed by atoms with van der Waals surface area (Å²) in [4.78, 5) is 0. The lowest BCUT2D eigenvalue weighted by atomic mass is 10.0. The van der Waals surface area contributed by atoms with Crippen molar-refractivity contribution in [3.63, 3.8) is 0 Å². The molecule has 0 aliphatic carbocycles. The van der Waals surface area contributed by atoms with Crippen molar-refractivity contribution < 1.29 is 8.42 Å². The van der Waals surface area contributed by atoms with Crippen molar-refractivity contribution in [2.24, 2.45) is 0 Å². The summed E-state index contributed by atoms with van der Waals surface area (Å²) in [5.41, 5.74) is 2.43. The van der Waals surface area contributed by atoms with Gasteiger partial charge in [0.2, 0.25) is 10.0 Å².